The maximum Gasteiger partial charge on any atom is 0.410 e. The van der Waals surface area contributed by atoms with Crippen molar-refractivity contribution in [1.82, 2.24) is 34.3 Å². The zero-order valence-corrected chi connectivity index (χ0v) is 25.8. The normalized spacial score (nSPS) is 15.3. The van der Waals surface area contributed by atoms with Gasteiger partial charge < -0.3 is 19.1 Å². The van der Waals surface area contributed by atoms with Crippen LogP contribution < -0.4 is 4.74 Å². The molecule has 0 saturated carbocycles. The van der Waals surface area contributed by atoms with Crippen LogP contribution in [0.1, 0.15) is 57.1 Å². The third kappa shape index (κ3) is 6.45. The van der Waals surface area contributed by atoms with Crippen LogP contribution in [0.3, 0.4) is 0 Å². The van der Waals surface area contributed by atoms with E-state index in [2.05, 4.69) is 42.9 Å². The second-order valence-electron chi connectivity index (χ2n) is 11.0. The van der Waals surface area contributed by atoms with Crippen molar-refractivity contribution < 1.29 is 23.4 Å². The third-order valence-electron chi connectivity index (χ3n) is 6.94. The number of nitrogens with zero attached hydrogens (tertiary/aromatic N) is 7. The standard InChI is InChI=1S/C28H33FIN7O4/c1-17-26(33-34-37(17)20-8-10-35(11-9-20)27(38)41-28(2,3)4)18-12-24-32-15-23(30)36(24)25(13-18)40-16-22(39-5)21-7-6-19(29)14-31-21/h6-7,12-15,20,22H,8-11,16H2,1-5H3. The SMILES string of the molecule is COC(COc1cc(-c2nnn(C3CCN(C(=O)OC(C)(C)C)CC3)c2C)cc2ncc(I)n12)c1ccc(F)cn1. The quantitative estimate of drug-likeness (QED) is 0.240. The van der Waals surface area contributed by atoms with E-state index in [-0.39, 0.29) is 18.7 Å². The molecule has 0 N–H and O–H groups in total. The van der Waals surface area contributed by atoms with Gasteiger partial charge >= 0.3 is 6.09 Å². The summed E-state index contributed by atoms with van der Waals surface area (Å²) >= 11 is 2.21. The van der Waals surface area contributed by atoms with Crippen LogP contribution >= 0.6 is 22.6 Å². The number of carbonyl (C=O) groups is 1. The Kier molecular flexibility index (Phi) is 8.45. The summed E-state index contributed by atoms with van der Waals surface area (Å²) in [6, 6.07) is 6.91. The van der Waals surface area contributed by atoms with Gasteiger partial charge in [-0.1, -0.05) is 5.21 Å². The summed E-state index contributed by atoms with van der Waals surface area (Å²) in [6.07, 6.45) is 3.66. The Morgan fingerprint density at radius 2 is 1.93 bits per heavy atom. The lowest BCUT2D eigenvalue weighted by Crippen LogP contribution is -2.42. The molecule has 5 rings (SSSR count). The Labute approximate surface area is 251 Å². The predicted molar refractivity (Wildman–Crippen MR) is 157 cm³/mol. The minimum Gasteiger partial charge on any atom is -0.475 e. The third-order valence-corrected chi connectivity index (χ3v) is 7.70. The number of piperidine rings is 1. The van der Waals surface area contributed by atoms with Crippen molar-refractivity contribution in [3.8, 4) is 17.1 Å². The number of rotatable bonds is 7. The Hall–Kier alpha value is -3.33. The average Bonchev–Trinajstić information content (AvgIpc) is 3.51. The molecule has 13 heteroatoms. The Bertz CT molecular complexity index is 1520. The van der Waals surface area contributed by atoms with Crippen molar-refractivity contribution >= 4 is 34.3 Å². The highest BCUT2D eigenvalue weighted by Gasteiger charge is 2.29. The molecule has 0 radical (unpaired) electrons. The van der Waals surface area contributed by atoms with Crippen LogP contribution in [0.4, 0.5) is 9.18 Å². The van der Waals surface area contributed by atoms with Gasteiger partial charge in [-0.05, 0) is 81.3 Å². The van der Waals surface area contributed by atoms with Crippen molar-refractivity contribution in [2.45, 2.75) is 58.3 Å². The Balaban J connectivity index is 1.35. The first-order valence-corrected chi connectivity index (χ1v) is 14.5. The fourth-order valence-electron chi connectivity index (χ4n) is 4.87. The van der Waals surface area contributed by atoms with Crippen LogP contribution in [-0.4, -0.2) is 72.8 Å². The van der Waals surface area contributed by atoms with Gasteiger partial charge in [0.2, 0.25) is 5.88 Å². The summed E-state index contributed by atoms with van der Waals surface area (Å²) in [6.45, 7) is 8.95. The highest BCUT2D eigenvalue weighted by Crippen LogP contribution is 2.32. The molecule has 1 aliphatic heterocycles. The molecule has 4 aromatic rings. The zero-order chi connectivity index (χ0) is 29.3. The van der Waals surface area contributed by atoms with Gasteiger partial charge in [0, 0.05) is 31.8 Å². The molecular weight excluding hydrogens is 644 g/mol. The van der Waals surface area contributed by atoms with E-state index in [9.17, 15) is 9.18 Å². The van der Waals surface area contributed by atoms with Gasteiger partial charge in [-0.25, -0.2) is 18.9 Å². The first kappa shape index (κ1) is 29.2. The van der Waals surface area contributed by atoms with E-state index in [0.717, 1.165) is 39.7 Å². The summed E-state index contributed by atoms with van der Waals surface area (Å²) in [5.74, 6) is 0.145. The maximum absolute atomic E-state index is 13.4. The van der Waals surface area contributed by atoms with Gasteiger partial charge in [-0.3, -0.25) is 9.38 Å². The molecule has 1 aliphatic rings. The molecule has 0 aromatic carbocycles. The number of aromatic nitrogens is 6. The highest BCUT2D eigenvalue weighted by molar-refractivity contribution is 14.1. The van der Waals surface area contributed by atoms with E-state index in [0.29, 0.717) is 30.3 Å². The molecule has 0 aliphatic carbocycles. The lowest BCUT2D eigenvalue weighted by molar-refractivity contribution is 0.0183. The molecular formula is C28H33FIN7O4. The van der Waals surface area contributed by atoms with E-state index in [1.807, 2.05) is 48.9 Å². The molecule has 11 nitrogen and oxygen atoms in total. The van der Waals surface area contributed by atoms with Gasteiger partial charge in [0.05, 0.1) is 29.8 Å². The Morgan fingerprint density at radius 3 is 2.59 bits per heavy atom. The molecule has 1 unspecified atom stereocenters. The van der Waals surface area contributed by atoms with E-state index in [1.54, 1.807) is 24.3 Å². The summed E-state index contributed by atoms with van der Waals surface area (Å²) < 4.78 is 35.5. The summed E-state index contributed by atoms with van der Waals surface area (Å²) in [4.78, 5) is 22.9. The second-order valence-corrected chi connectivity index (χ2v) is 12.1. The molecule has 218 valence electrons. The van der Waals surface area contributed by atoms with Crippen molar-refractivity contribution in [2.75, 3.05) is 26.8 Å². The highest BCUT2D eigenvalue weighted by atomic mass is 127. The molecule has 1 atom stereocenters. The van der Waals surface area contributed by atoms with Crippen LogP contribution in [0, 0.1) is 16.4 Å². The lowest BCUT2D eigenvalue weighted by atomic mass is 10.0. The topological polar surface area (TPSA) is 109 Å². The van der Waals surface area contributed by atoms with Crippen LogP contribution in [0.15, 0.2) is 36.7 Å². The lowest BCUT2D eigenvalue weighted by Gasteiger charge is -2.33. The first-order valence-electron chi connectivity index (χ1n) is 13.4. The fraction of sp³-hybridized carbons (Fsp3) is 0.464. The molecule has 0 bridgehead atoms. The fourth-order valence-corrected chi connectivity index (χ4v) is 5.50. The molecule has 5 heterocycles. The number of imidazole rings is 1. The largest absolute Gasteiger partial charge is 0.475 e. The number of methoxy groups -OCH3 is 1. The van der Waals surface area contributed by atoms with E-state index < -0.39 is 17.5 Å². The van der Waals surface area contributed by atoms with E-state index in [4.69, 9.17) is 14.2 Å². The summed E-state index contributed by atoms with van der Waals surface area (Å²) in [7, 11) is 1.56. The molecule has 0 spiro atoms. The number of pyridine rings is 2. The number of fused-ring (bicyclic) bond motifs is 1. The molecule has 41 heavy (non-hydrogen) atoms. The summed E-state index contributed by atoms with van der Waals surface area (Å²) in [5.41, 5.74) is 3.22. The average molecular weight is 678 g/mol. The minimum atomic E-state index is -0.524. The van der Waals surface area contributed by atoms with Crippen molar-refractivity contribution in [2.24, 2.45) is 0 Å². The van der Waals surface area contributed by atoms with Crippen molar-refractivity contribution in [1.29, 1.82) is 0 Å². The minimum absolute atomic E-state index is 0.118. The molecule has 1 amide bonds. The number of hydrogen-bond donors (Lipinski definition) is 0. The van der Waals surface area contributed by atoms with E-state index >= 15 is 0 Å². The van der Waals surface area contributed by atoms with Crippen molar-refractivity contribution in [3.05, 3.63) is 57.6 Å². The van der Waals surface area contributed by atoms with Gasteiger partial charge in [-0.2, -0.15) is 0 Å². The van der Waals surface area contributed by atoms with E-state index in [1.165, 1.54) is 6.07 Å². The van der Waals surface area contributed by atoms with Crippen molar-refractivity contribution in [3.63, 3.8) is 0 Å². The molecule has 1 saturated heterocycles. The van der Waals surface area contributed by atoms with Crippen LogP contribution in [0.5, 0.6) is 5.88 Å². The summed E-state index contributed by atoms with van der Waals surface area (Å²) in [5, 5.41) is 9.03. The molecule has 1 fully saturated rings. The number of amides is 1. The van der Waals surface area contributed by atoms with Gasteiger partial charge in [0.15, 0.2) is 0 Å². The maximum atomic E-state index is 13.4. The monoisotopic (exact) mass is 677 g/mol. The van der Waals surface area contributed by atoms with Gasteiger partial charge in [0.1, 0.15) is 39.2 Å². The number of hydrogen-bond acceptors (Lipinski definition) is 8. The van der Waals surface area contributed by atoms with Crippen LogP contribution in [-0.2, 0) is 9.47 Å². The smallest absolute Gasteiger partial charge is 0.410 e. The number of carbonyl (C=O) groups excluding carboxylic acids is 1. The Morgan fingerprint density at radius 1 is 1.17 bits per heavy atom. The number of ether oxygens (including phenoxy) is 3. The molecule has 4 aromatic heterocycles. The van der Waals surface area contributed by atoms with Gasteiger partial charge in [0.25, 0.3) is 0 Å². The van der Waals surface area contributed by atoms with Gasteiger partial charge in [-0.15, -0.1) is 5.10 Å². The first-order chi connectivity index (χ1) is 19.5. The predicted octanol–water partition coefficient (Wildman–Crippen LogP) is 5.38. The zero-order valence-electron chi connectivity index (χ0n) is 23.7. The van der Waals surface area contributed by atoms with Crippen LogP contribution in [0.2, 0.25) is 0 Å². The number of likely N-dealkylation sites (tertiary alicyclic amines) is 1. The number of halogens is 2. The van der Waals surface area contributed by atoms with Crippen LogP contribution in [0.25, 0.3) is 16.9 Å². The second kappa shape index (κ2) is 11.9.